The van der Waals surface area contributed by atoms with Crippen LogP contribution in [0.3, 0.4) is 0 Å². The molecule has 1 aliphatic rings. The number of carbonyl (C=O) groups is 1. The van der Waals surface area contributed by atoms with Crippen LogP contribution in [0.15, 0.2) is 18.5 Å². The molecule has 3 N–H and O–H groups in total. The van der Waals surface area contributed by atoms with Gasteiger partial charge in [0.05, 0.1) is 5.54 Å². The van der Waals surface area contributed by atoms with Crippen LogP contribution in [0, 0.1) is 0 Å². The van der Waals surface area contributed by atoms with E-state index in [0.29, 0.717) is 0 Å². The normalized spacial score (nSPS) is 19.3. The van der Waals surface area contributed by atoms with E-state index in [9.17, 15) is 4.79 Å². The maximum atomic E-state index is 11.2. The molecular weight excluding hydrogens is 204 g/mol. The molecule has 0 radical (unpaired) electrons. The number of amides is 1. The topological polar surface area (TPSA) is 72.9 Å². The Bertz CT molecular complexity index is 356. The van der Waals surface area contributed by atoms with Gasteiger partial charge < -0.3 is 11.1 Å². The number of carbonyl (C=O) groups excluding carboxylic acids is 1. The van der Waals surface area contributed by atoms with Gasteiger partial charge in [-0.05, 0) is 32.3 Å². The molecule has 5 heteroatoms. The van der Waals surface area contributed by atoms with Gasteiger partial charge in [0.1, 0.15) is 0 Å². The van der Waals surface area contributed by atoms with Gasteiger partial charge in [0.15, 0.2) is 0 Å². The third-order valence-electron chi connectivity index (χ3n) is 3.09. The lowest BCUT2D eigenvalue weighted by molar-refractivity contribution is -0.121. The molecule has 0 unspecified atom stereocenters. The molecule has 1 amide bonds. The third-order valence-corrected chi connectivity index (χ3v) is 3.09. The van der Waals surface area contributed by atoms with Gasteiger partial charge in [0.2, 0.25) is 5.91 Å². The molecule has 1 aromatic heterocycles. The molecule has 0 spiro atoms. The van der Waals surface area contributed by atoms with E-state index in [1.54, 1.807) is 6.20 Å². The summed E-state index contributed by atoms with van der Waals surface area (Å²) in [6, 6.07) is 2.18. The zero-order valence-electron chi connectivity index (χ0n) is 9.52. The number of nitrogens with zero attached hydrogens (tertiary/aromatic N) is 2. The Labute approximate surface area is 95.0 Å². The summed E-state index contributed by atoms with van der Waals surface area (Å²) >= 11 is 0. The zero-order chi connectivity index (χ0) is 11.6. The Morgan fingerprint density at radius 1 is 1.69 bits per heavy atom. The van der Waals surface area contributed by atoms with Crippen LogP contribution >= 0.6 is 0 Å². The molecular formula is C11H18N4O. The number of primary amides is 1. The van der Waals surface area contributed by atoms with Gasteiger partial charge in [-0.2, -0.15) is 5.10 Å². The molecule has 5 nitrogen and oxygen atoms in total. The lowest BCUT2D eigenvalue weighted by atomic mass is 10.1. The van der Waals surface area contributed by atoms with Crippen molar-refractivity contribution in [3.8, 4) is 0 Å². The molecule has 0 bridgehead atoms. The van der Waals surface area contributed by atoms with Crippen LogP contribution in [0.25, 0.3) is 0 Å². The summed E-state index contributed by atoms with van der Waals surface area (Å²) in [6.07, 6.45) is 6.39. The number of rotatable bonds is 6. The molecule has 88 valence electrons. The molecule has 2 rings (SSSR count). The van der Waals surface area contributed by atoms with Crippen LogP contribution in [-0.2, 0) is 11.3 Å². The maximum Gasteiger partial charge on any atom is 0.237 e. The predicted octanol–water partition coefficient (Wildman–Crippen LogP) is 0.269. The average Bonchev–Trinajstić information content (AvgIpc) is 2.84. The van der Waals surface area contributed by atoms with Gasteiger partial charge in [-0.15, -0.1) is 0 Å². The Morgan fingerprint density at radius 3 is 2.94 bits per heavy atom. The van der Waals surface area contributed by atoms with E-state index in [1.165, 1.54) is 0 Å². The number of aryl methyl sites for hydroxylation is 1. The lowest BCUT2D eigenvalue weighted by Gasteiger charge is -2.20. The van der Waals surface area contributed by atoms with Gasteiger partial charge in [-0.3, -0.25) is 9.48 Å². The first-order valence-electron chi connectivity index (χ1n) is 5.67. The van der Waals surface area contributed by atoms with Crippen molar-refractivity contribution in [2.24, 2.45) is 5.73 Å². The maximum absolute atomic E-state index is 11.2. The van der Waals surface area contributed by atoms with Crippen molar-refractivity contribution >= 4 is 5.91 Å². The largest absolute Gasteiger partial charge is 0.368 e. The Morgan fingerprint density at radius 2 is 2.44 bits per heavy atom. The van der Waals surface area contributed by atoms with Crippen molar-refractivity contribution in [3.63, 3.8) is 0 Å². The fourth-order valence-electron chi connectivity index (χ4n) is 1.89. The average molecular weight is 222 g/mol. The minimum Gasteiger partial charge on any atom is -0.368 e. The summed E-state index contributed by atoms with van der Waals surface area (Å²) in [7, 11) is 0. The standard InChI is InChI=1S/C11H18N4O/c1-9(3-8-15-7-2-6-13-15)14-11(4-5-11)10(12)16/h2,6-7,9,14H,3-5,8H2,1H3,(H2,12,16)/t9-/m1/s1. The fraction of sp³-hybridized carbons (Fsp3) is 0.636. The fourth-order valence-corrected chi connectivity index (χ4v) is 1.89. The molecule has 0 aliphatic heterocycles. The van der Waals surface area contributed by atoms with E-state index in [1.807, 2.05) is 16.9 Å². The summed E-state index contributed by atoms with van der Waals surface area (Å²) in [4.78, 5) is 11.2. The summed E-state index contributed by atoms with van der Waals surface area (Å²) in [5.41, 5.74) is 4.94. The van der Waals surface area contributed by atoms with E-state index in [-0.39, 0.29) is 11.9 Å². The first-order valence-corrected chi connectivity index (χ1v) is 5.67. The molecule has 1 aromatic rings. The highest BCUT2D eigenvalue weighted by Gasteiger charge is 2.48. The SMILES string of the molecule is C[C@H](CCn1cccn1)NC1(C(N)=O)CC1. The smallest absolute Gasteiger partial charge is 0.237 e. The van der Waals surface area contributed by atoms with Crippen molar-refractivity contribution in [1.82, 2.24) is 15.1 Å². The summed E-state index contributed by atoms with van der Waals surface area (Å²) in [6.45, 7) is 2.93. The van der Waals surface area contributed by atoms with E-state index < -0.39 is 5.54 Å². The number of aromatic nitrogens is 2. The molecule has 1 heterocycles. The van der Waals surface area contributed by atoms with Crippen LogP contribution in [0.5, 0.6) is 0 Å². The van der Waals surface area contributed by atoms with E-state index in [2.05, 4.69) is 17.3 Å². The molecule has 16 heavy (non-hydrogen) atoms. The van der Waals surface area contributed by atoms with Gasteiger partial charge in [-0.25, -0.2) is 0 Å². The Hall–Kier alpha value is -1.36. The molecule has 1 aliphatic carbocycles. The van der Waals surface area contributed by atoms with Crippen molar-refractivity contribution in [2.45, 2.75) is 44.3 Å². The van der Waals surface area contributed by atoms with E-state index in [4.69, 9.17) is 5.73 Å². The minimum atomic E-state index is -0.413. The minimum absolute atomic E-state index is 0.224. The van der Waals surface area contributed by atoms with Gasteiger partial charge in [0.25, 0.3) is 0 Å². The van der Waals surface area contributed by atoms with Gasteiger partial charge in [-0.1, -0.05) is 0 Å². The van der Waals surface area contributed by atoms with Crippen LogP contribution in [0.1, 0.15) is 26.2 Å². The highest BCUT2D eigenvalue weighted by molar-refractivity contribution is 5.87. The van der Waals surface area contributed by atoms with Crippen molar-refractivity contribution in [1.29, 1.82) is 0 Å². The summed E-state index contributed by atoms with van der Waals surface area (Å²) in [5, 5.41) is 7.45. The first-order chi connectivity index (χ1) is 7.62. The first kappa shape index (κ1) is 11.1. The van der Waals surface area contributed by atoms with Crippen LogP contribution in [0.2, 0.25) is 0 Å². The second kappa shape index (κ2) is 4.25. The molecule has 1 saturated carbocycles. The number of hydrogen-bond acceptors (Lipinski definition) is 3. The van der Waals surface area contributed by atoms with Crippen molar-refractivity contribution in [3.05, 3.63) is 18.5 Å². The molecule has 1 atom stereocenters. The van der Waals surface area contributed by atoms with Gasteiger partial charge >= 0.3 is 0 Å². The monoisotopic (exact) mass is 222 g/mol. The van der Waals surface area contributed by atoms with Crippen LogP contribution in [-0.4, -0.2) is 27.3 Å². The second-order valence-electron chi connectivity index (χ2n) is 4.55. The zero-order valence-corrected chi connectivity index (χ0v) is 9.52. The highest BCUT2D eigenvalue weighted by Crippen LogP contribution is 2.35. The quantitative estimate of drug-likeness (QED) is 0.725. The van der Waals surface area contributed by atoms with E-state index >= 15 is 0 Å². The number of nitrogens with two attached hydrogens (primary N) is 1. The van der Waals surface area contributed by atoms with Crippen LogP contribution in [0.4, 0.5) is 0 Å². The molecule has 0 saturated heterocycles. The van der Waals surface area contributed by atoms with E-state index in [0.717, 1.165) is 25.8 Å². The van der Waals surface area contributed by atoms with Crippen LogP contribution < -0.4 is 11.1 Å². The summed E-state index contributed by atoms with van der Waals surface area (Å²) < 4.78 is 1.89. The summed E-state index contributed by atoms with van der Waals surface area (Å²) in [5.74, 6) is -0.224. The number of hydrogen-bond donors (Lipinski definition) is 2. The molecule has 1 fully saturated rings. The van der Waals surface area contributed by atoms with Gasteiger partial charge in [0, 0.05) is 25.0 Å². The van der Waals surface area contributed by atoms with Crippen molar-refractivity contribution < 1.29 is 4.79 Å². The molecule has 0 aromatic carbocycles. The number of nitrogens with one attached hydrogen (secondary N) is 1. The second-order valence-corrected chi connectivity index (χ2v) is 4.55. The Balaban J connectivity index is 1.77. The Kier molecular flexibility index (Phi) is 2.96. The third kappa shape index (κ3) is 2.41. The predicted molar refractivity (Wildman–Crippen MR) is 60.6 cm³/mol. The lowest BCUT2D eigenvalue weighted by Crippen LogP contribution is -2.48. The highest BCUT2D eigenvalue weighted by atomic mass is 16.1. The van der Waals surface area contributed by atoms with Crippen molar-refractivity contribution in [2.75, 3.05) is 0 Å².